The monoisotopic (exact) mass is 155 g/mol. The fourth-order valence-electron chi connectivity index (χ4n) is 2.17. The Morgan fingerprint density at radius 3 is 2.55 bits per heavy atom. The molecule has 2 N–H and O–H groups in total. The lowest BCUT2D eigenvalue weighted by Crippen LogP contribution is -2.50. The Morgan fingerprint density at radius 1 is 1.27 bits per heavy atom. The lowest BCUT2D eigenvalue weighted by molar-refractivity contribution is 0.276. The van der Waals surface area contributed by atoms with Crippen LogP contribution in [0.5, 0.6) is 0 Å². The topological polar surface area (TPSA) is 27.3 Å². The SMILES string of the molecule is CN1CNC2(CCNCC2)C1. The van der Waals surface area contributed by atoms with Crippen LogP contribution in [0.3, 0.4) is 0 Å². The van der Waals surface area contributed by atoms with Gasteiger partial charge < -0.3 is 5.32 Å². The van der Waals surface area contributed by atoms with E-state index in [1.807, 2.05) is 0 Å². The van der Waals surface area contributed by atoms with E-state index in [0.29, 0.717) is 5.54 Å². The van der Waals surface area contributed by atoms with Crippen LogP contribution in [-0.4, -0.2) is 43.8 Å². The molecule has 2 heterocycles. The molecular formula is C8H17N3. The third-order valence-corrected chi connectivity index (χ3v) is 2.86. The van der Waals surface area contributed by atoms with Crippen LogP contribution < -0.4 is 10.6 Å². The average molecular weight is 155 g/mol. The third kappa shape index (κ3) is 1.41. The van der Waals surface area contributed by atoms with E-state index in [1.54, 1.807) is 0 Å². The third-order valence-electron chi connectivity index (χ3n) is 2.86. The normalized spacial score (nSPS) is 31.4. The summed E-state index contributed by atoms with van der Waals surface area (Å²) in [6.07, 6.45) is 2.58. The van der Waals surface area contributed by atoms with Gasteiger partial charge in [-0.3, -0.25) is 10.2 Å². The van der Waals surface area contributed by atoms with Crippen molar-refractivity contribution in [3.05, 3.63) is 0 Å². The highest BCUT2D eigenvalue weighted by Crippen LogP contribution is 2.22. The second-order valence-corrected chi connectivity index (χ2v) is 3.88. The second-order valence-electron chi connectivity index (χ2n) is 3.88. The molecule has 3 heteroatoms. The lowest BCUT2D eigenvalue weighted by Gasteiger charge is -2.33. The zero-order valence-electron chi connectivity index (χ0n) is 7.19. The van der Waals surface area contributed by atoms with Crippen LogP contribution in [0.1, 0.15) is 12.8 Å². The summed E-state index contributed by atoms with van der Waals surface area (Å²) in [6, 6.07) is 0. The van der Waals surface area contributed by atoms with Crippen LogP contribution in [0, 0.1) is 0 Å². The average Bonchev–Trinajstić information content (AvgIpc) is 2.34. The van der Waals surface area contributed by atoms with E-state index in [-0.39, 0.29) is 0 Å². The molecule has 0 radical (unpaired) electrons. The fraction of sp³-hybridized carbons (Fsp3) is 1.00. The minimum Gasteiger partial charge on any atom is -0.317 e. The van der Waals surface area contributed by atoms with Crippen molar-refractivity contribution in [1.82, 2.24) is 15.5 Å². The maximum absolute atomic E-state index is 3.61. The zero-order valence-corrected chi connectivity index (χ0v) is 7.19. The number of rotatable bonds is 0. The number of nitrogens with zero attached hydrogens (tertiary/aromatic N) is 1. The van der Waals surface area contributed by atoms with Crippen molar-refractivity contribution in [2.45, 2.75) is 18.4 Å². The van der Waals surface area contributed by atoms with Crippen molar-refractivity contribution in [3.8, 4) is 0 Å². The quantitative estimate of drug-likeness (QED) is 0.498. The van der Waals surface area contributed by atoms with Crippen LogP contribution in [-0.2, 0) is 0 Å². The van der Waals surface area contributed by atoms with E-state index in [0.717, 1.165) is 6.67 Å². The number of hydrogen-bond acceptors (Lipinski definition) is 3. The zero-order chi connectivity index (χ0) is 7.73. The summed E-state index contributed by atoms with van der Waals surface area (Å²) < 4.78 is 0. The van der Waals surface area contributed by atoms with Gasteiger partial charge in [0.1, 0.15) is 0 Å². The van der Waals surface area contributed by atoms with Gasteiger partial charge in [0, 0.05) is 18.8 Å². The molecule has 0 aromatic carbocycles. The minimum atomic E-state index is 0.458. The summed E-state index contributed by atoms with van der Waals surface area (Å²) in [6.45, 7) is 4.66. The smallest absolute Gasteiger partial charge is 0.0483 e. The first kappa shape index (κ1) is 7.53. The van der Waals surface area contributed by atoms with E-state index in [1.165, 1.54) is 32.5 Å². The van der Waals surface area contributed by atoms with Gasteiger partial charge in [-0.15, -0.1) is 0 Å². The Hall–Kier alpha value is -0.120. The molecule has 2 fully saturated rings. The molecule has 2 saturated heterocycles. The van der Waals surface area contributed by atoms with Gasteiger partial charge in [-0.1, -0.05) is 0 Å². The number of likely N-dealkylation sites (N-methyl/N-ethyl adjacent to an activating group) is 1. The predicted molar refractivity (Wildman–Crippen MR) is 45.5 cm³/mol. The summed E-state index contributed by atoms with van der Waals surface area (Å²) in [5.74, 6) is 0. The summed E-state index contributed by atoms with van der Waals surface area (Å²) in [5.41, 5.74) is 0.458. The van der Waals surface area contributed by atoms with Crippen molar-refractivity contribution in [2.75, 3.05) is 33.4 Å². The summed E-state index contributed by atoms with van der Waals surface area (Å²) in [5, 5.41) is 7.00. The second kappa shape index (κ2) is 2.73. The highest BCUT2D eigenvalue weighted by atomic mass is 15.3. The Labute approximate surface area is 68.1 Å². The first-order valence-corrected chi connectivity index (χ1v) is 4.45. The van der Waals surface area contributed by atoms with Gasteiger partial charge in [0.25, 0.3) is 0 Å². The molecule has 2 rings (SSSR count). The molecule has 1 spiro atoms. The molecule has 11 heavy (non-hydrogen) atoms. The molecule has 0 aromatic rings. The molecule has 0 atom stereocenters. The highest BCUT2D eigenvalue weighted by molar-refractivity contribution is 4.97. The molecule has 2 aliphatic heterocycles. The van der Waals surface area contributed by atoms with Crippen molar-refractivity contribution >= 4 is 0 Å². The van der Waals surface area contributed by atoms with Gasteiger partial charge in [0.05, 0.1) is 0 Å². The van der Waals surface area contributed by atoms with Crippen LogP contribution >= 0.6 is 0 Å². The van der Waals surface area contributed by atoms with Crippen LogP contribution in [0.15, 0.2) is 0 Å². The van der Waals surface area contributed by atoms with Crippen LogP contribution in [0.2, 0.25) is 0 Å². The van der Waals surface area contributed by atoms with Crippen molar-refractivity contribution in [2.24, 2.45) is 0 Å². The van der Waals surface area contributed by atoms with E-state index in [2.05, 4.69) is 22.6 Å². The molecule has 2 aliphatic rings. The summed E-state index contributed by atoms with van der Waals surface area (Å²) >= 11 is 0. The van der Waals surface area contributed by atoms with Gasteiger partial charge in [-0.2, -0.15) is 0 Å². The van der Waals surface area contributed by atoms with E-state index in [9.17, 15) is 0 Å². The number of piperidine rings is 1. The van der Waals surface area contributed by atoms with E-state index in [4.69, 9.17) is 0 Å². The maximum atomic E-state index is 3.61. The first-order chi connectivity index (χ1) is 5.31. The summed E-state index contributed by atoms with van der Waals surface area (Å²) in [7, 11) is 2.18. The molecule has 3 nitrogen and oxygen atoms in total. The molecule has 64 valence electrons. The van der Waals surface area contributed by atoms with Crippen molar-refractivity contribution in [3.63, 3.8) is 0 Å². The highest BCUT2D eigenvalue weighted by Gasteiger charge is 2.36. The largest absolute Gasteiger partial charge is 0.317 e. The molecule has 0 amide bonds. The Balaban J connectivity index is 1.98. The lowest BCUT2D eigenvalue weighted by atomic mass is 9.89. The molecule has 0 saturated carbocycles. The Morgan fingerprint density at radius 2 is 2.00 bits per heavy atom. The van der Waals surface area contributed by atoms with Gasteiger partial charge in [0.15, 0.2) is 0 Å². The molecule has 0 aromatic heterocycles. The van der Waals surface area contributed by atoms with Gasteiger partial charge in [-0.25, -0.2) is 0 Å². The van der Waals surface area contributed by atoms with Crippen molar-refractivity contribution in [1.29, 1.82) is 0 Å². The van der Waals surface area contributed by atoms with Crippen molar-refractivity contribution < 1.29 is 0 Å². The van der Waals surface area contributed by atoms with E-state index >= 15 is 0 Å². The standard InChI is InChI=1S/C8H17N3/c1-11-6-8(10-7-11)2-4-9-5-3-8/h9-10H,2-7H2,1H3. The van der Waals surface area contributed by atoms with Crippen LogP contribution in [0.25, 0.3) is 0 Å². The molecule has 0 unspecified atom stereocenters. The fourth-order valence-corrected chi connectivity index (χ4v) is 2.17. The molecule has 0 bridgehead atoms. The minimum absolute atomic E-state index is 0.458. The van der Waals surface area contributed by atoms with Gasteiger partial charge in [0.2, 0.25) is 0 Å². The molecule has 0 aliphatic carbocycles. The van der Waals surface area contributed by atoms with E-state index < -0.39 is 0 Å². The van der Waals surface area contributed by atoms with Gasteiger partial charge >= 0.3 is 0 Å². The Kier molecular flexibility index (Phi) is 1.87. The molecular weight excluding hydrogens is 138 g/mol. The number of hydrogen-bond donors (Lipinski definition) is 2. The van der Waals surface area contributed by atoms with Gasteiger partial charge in [-0.05, 0) is 33.0 Å². The predicted octanol–water partition coefficient (Wildman–Crippen LogP) is -0.399. The number of nitrogens with one attached hydrogen (secondary N) is 2. The van der Waals surface area contributed by atoms with Crippen LogP contribution in [0.4, 0.5) is 0 Å². The first-order valence-electron chi connectivity index (χ1n) is 4.45. The maximum Gasteiger partial charge on any atom is 0.0483 e. The summed E-state index contributed by atoms with van der Waals surface area (Å²) in [4.78, 5) is 2.37. The Bertz CT molecular complexity index is 135.